The zero-order valence-electron chi connectivity index (χ0n) is 11.0. The second-order valence-corrected chi connectivity index (χ2v) is 4.19. The van der Waals surface area contributed by atoms with Crippen molar-refractivity contribution in [3.8, 4) is 0 Å². The number of allylic oxidation sites excluding steroid dienone is 3. The van der Waals surface area contributed by atoms with Crippen molar-refractivity contribution in [2.45, 2.75) is 53.4 Å². The molecule has 0 aromatic rings. The van der Waals surface area contributed by atoms with Crippen molar-refractivity contribution >= 4 is 5.97 Å². The summed E-state index contributed by atoms with van der Waals surface area (Å²) in [5, 5.41) is 0. The first-order valence-corrected chi connectivity index (χ1v) is 6.00. The van der Waals surface area contributed by atoms with Gasteiger partial charge in [-0.3, -0.25) is 4.79 Å². The monoisotopic (exact) mass is 224 g/mol. The molecular weight excluding hydrogens is 200 g/mol. The van der Waals surface area contributed by atoms with Crippen molar-refractivity contribution in [1.29, 1.82) is 0 Å². The smallest absolute Gasteiger partial charge is 0.302 e. The number of esters is 1. The van der Waals surface area contributed by atoms with Crippen LogP contribution in [0.4, 0.5) is 0 Å². The van der Waals surface area contributed by atoms with Crippen molar-refractivity contribution in [3.63, 3.8) is 0 Å². The molecule has 0 aliphatic heterocycles. The molecule has 0 bridgehead atoms. The third-order valence-corrected chi connectivity index (χ3v) is 2.39. The van der Waals surface area contributed by atoms with Crippen LogP contribution >= 0.6 is 0 Å². The molecule has 0 N–H and O–H groups in total. The molecule has 0 fully saturated rings. The quantitative estimate of drug-likeness (QED) is 0.482. The van der Waals surface area contributed by atoms with E-state index in [1.807, 2.05) is 6.08 Å². The number of rotatable bonds is 7. The molecule has 0 aromatic heterocycles. The Morgan fingerprint density at radius 1 is 1.06 bits per heavy atom. The van der Waals surface area contributed by atoms with Crippen LogP contribution in [0.1, 0.15) is 53.4 Å². The van der Waals surface area contributed by atoms with Crippen LogP contribution in [0.15, 0.2) is 23.3 Å². The summed E-state index contributed by atoms with van der Waals surface area (Å²) in [5.41, 5.74) is 2.75. The molecule has 2 nitrogen and oxygen atoms in total. The summed E-state index contributed by atoms with van der Waals surface area (Å²) in [6.07, 6.45) is 8.80. The fourth-order valence-electron chi connectivity index (χ4n) is 1.45. The molecular formula is C14H24O2. The highest BCUT2D eigenvalue weighted by molar-refractivity contribution is 5.66. The lowest BCUT2D eigenvalue weighted by Gasteiger charge is -2.01. The molecule has 0 radical (unpaired) electrons. The third-order valence-electron chi connectivity index (χ3n) is 2.39. The molecule has 0 heterocycles. The van der Waals surface area contributed by atoms with E-state index >= 15 is 0 Å². The van der Waals surface area contributed by atoms with E-state index in [1.165, 1.54) is 30.9 Å². The zero-order valence-corrected chi connectivity index (χ0v) is 11.0. The van der Waals surface area contributed by atoms with Crippen LogP contribution < -0.4 is 0 Å². The Kier molecular flexibility index (Phi) is 8.59. The van der Waals surface area contributed by atoms with Gasteiger partial charge in [-0.05, 0) is 39.2 Å². The van der Waals surface area contributed by atoms with E-state index < -0.39 is 0 Å². The van der Waals surface area contributed by atoms with Crippen molar-refractivity contribution < 1.29 is 9.53 Å². The molecule has 16 heavy (non-hydrogen) atoms. The van der Waals surface area contributed by atoms with Gasteiger partial charge in [0.2, 0.25) is 0 Å². The van der Waals surface area contributed by atoms with E-state index in [4.69, 9.17) is 4.74 Å². The van der Waals surface area contributed by atoms with Crippen molar-refractivity contribution in [1.82, 2.24) is 0 Å². The highest BCUT2D eigenvalue weighted by Crippen LogP contribution is 2.09. The SMILES string of the molecule is CCC/C(C)=C/CC/C(C)=C/COC(C)=O. The lowest BCUT2D eigenvalue weighted by molar-refractivity contribution is -0.139. The largest absolute Gasteiger partial charge is 0.462 e. The maximum absolute atomic E-state index is 10.5. The van der Waals surface area contributed by atoms with Crippen molar-refractivity contribution in [2.24, 2.45) is 0 Å². The number of carbonyl (C=O) groups excluding carboxylic acids is 1. The Morgan fingerprint density at radius 3 is 2.25 bits per heavy atom. The summed E-state index contributed by atoms with van der Waals surface area (Å²) in [6, 6.07) is 0. The first-order valence-electron chi connectivity index (χ1n) is 6.00. The average molecular weight is 224 g/mol. The van der Waals surface area contributed by atoms with Gasteiger partial charge in [0.25, 0.3) is 0 Å². The Bertz CT molecular complexity index is 262. The minimum Gasteiger partial charge on any atom is -0.462 e. The first kappa shape index (κ1) is 14.9. The van der Waals surface area contributed by atoms with Gasteiger partial charge < -0.3 is 4.74 Å². The number of hydrogen-bond acceptors (Lipinski definition) is 2. The van der Waals surface area contributed by atoms with Crippen LogP contribution in [0.5, 0.6) is 0 Å². The predicted octanol–water partition coefficient (Wildman–Crippen LogP) is 4.02. The van der Waals surface area contributed by atoms with Gasteiger partial charge in [0, 0.05) is 6.92 Å². The van der Waals surface area contributed by atoms with E-state index in [2.05, 4.69) is 26.8 Å². The van der Waals surface area contributed by atoms with Crippen LogP contribution in [0.2, 0.25) is 0 Å². The van der Waals surface area contributed by atoms with Crippen LogP contribution in [0.3, 0.4) is 0 Å². The number of carbonyl (C=O) groups is 1. The number of hydrogen-bond donors (Lipinski definition) is 0. The van der Waals surface area contributed by atoms with E-state index in [0.717, 1.165) is 12.8 Å². The van der Waals surface area contributed by atoms with Gasteiger partial charge in [0.05, 0.1) is 0 Å². The average Bonchev–Trinajstić information content (AvgIpc) is 2.17. The van der Waals surface area contributed by atoms with Crippen LogP contribution in [0, 0.1) is 0 Å². The van der Waals surface area contributed by atoms with E-state index in [9.17, 15) is 4.79 Å². The normalized spacial score (nSPS) is 12.8. The van der Waals surface area contributed by atoms with Crippen LogP contribution in [-0.2, 0) is 9.53 Å². The summed E-state index contributed by atoms with van der Waals surface area (Å²) in [5.74, 6) is -0.220. The lowest BCUT2D eigenvalue weighted by atomic mass is 10.1. The van der Waals surface area contributed by atoms with Gasteiger partial charge in [-0.25, -0.2) is 0 Å². The standard InChI is InChI=1S/C14H24O2/c1-5-7-12(2)8-6-9-13(3)10-11-16-14(4)15/h8,10H,5-7,9,11H2,1-4H3/b12-8+,13-10+. The molecule has 2 heteroatoms. The second kappa shape index (κ2) is 9.20. The van der Waals surface area contributed by atoms with Crippen LogP contribution in [-0.4, -0.2) is 12.6 Å². The molecule has 0 saturated heterocycles. The van der Waals surface area contributed by atoms with Gasteiger partial charge in [0.15, 0.2) is 0 Å². The summed E-state index contributed by atoms with van der Waals surface area (Å²) >= 11 is 0. The molecule has 92 valence electrons. The Balaban J connectivity index is 3.75. The lowest BCUT2D eigenvalue weighted by Crippen LogP contribution is -1.98. The minimum atomic E-state index is -0.220. The predicted molar refractivity (Wildman–Crippen MR) is 68.3 cm³/mol. The van der Waals surface area contributed by atoms with Crippen molar-refractivity contribution in [3.05, 3.63) is 23.3 Å². The third kappa shape index (κ3) is 9.50. The van der Waals surface area contributed by atoms with Gasteiger partial charge >= 0.3 is 5.97 Å². The van der Waals surface area contributed by atoms with Gasteiger partial charge in [-0.2, -0.15) is 0 Å². The summed E-state index contributed by atoms with van der Waals surface area (Å²) in [6.45, 7) is 8.29. The van der Waals surface area contributed by atoms with Gasteiger partial charge in [-0.1, -0.05) is 30.6 Å². The summed E-state index contributed by atoms with van der Waals surface area (Å²) in [7, 11) is 0. The zero-order chi connectivity index (χ0) is 12.4. The Morgan fingerprint density at radius 2 is 1.69 bits per heavy atom. The highest BCUT2D eigenvalue weighted by atomic mass is 16.5. The molecule has 0 saturated carbocycles. The Hall–Kier alpha value is -1.05. The topological polar surface area (TPSA) is 26.3 Å². The van der Waals surface area contributed by atoms with E-state index in [1.54, 1.807) is 0 Å². The van der Waals surface area contributed by atoms with Crippen LogP contribution in [0.25, 0.3) is 0 Å². The molecule has 0 atom stereocenters. The minimum absolute atomic E-state index is 0.220. The fourth-order valence-corrected chi connectivity index (χ4v) is 1.45. The molecule has 0 amide bonds. The molecule has 0 aliphatic rings. The maximum Gasteiger partial charge on any atom is 0.302 e. The van der Waals surface area contributed by atoms with Crippen molar-refractivity contribution in [2.75, 3.05) is 6.61 Å². The first-order chi connectivity index (χ1) is 7.56. The van der Waals surface area contributed by atoms with E-state index in [0.29, 0.717) is 6.61 Å². The number of ether oxygens (including phenoxy) is 1. The highest BCUT2D eigenvalue weighted by Gasteiger charge is 1.92. The molecule has 0 spiro atoms. The summed E-state index contributed by atoms with van der Waals surface area (Å²) in [4.78, 5) is 10.5. The Labute approximate surface area is 99.4 Å². The van der Waals surface area contributed by atoms with Gasteiger partial charge in [0.1, 0.15) is 6.61 Å². The van der Waals surface area contributed by atoms with E-state index in [-0.39, 0.29) is 5.97 Å². The molecule has 0 unspecified atom stereocenters. The molecule has 0 rings (SSSR count). The van der Waals surface area contributed by atoms with Gasteiger partial charge in [-0.15, -0.1) is 0 Å². The second-order valence-electron chi connectivity index (χ2n) is 4.19. The summed E-state index contributed by atoms with van der Waals surface area (Å²) < 4.78 is 4.85. The molecule has 0 aliphatic carbocycles. The maximum atomic E-state index is 10.5. The molecule has 0 aromatic carbocycles. The fraction of sp³-hybridized carbons (Fsp3) is 0.643.